The van der Waals surface area contributed by atoms with Crippen LogP contribution in [0.15, 0.2) is 176 Å². The predicted octanol–water partition coefficient (Wildman–Crippen LogP) is 9.47. The molecular formula is C59H67B2BrCl2N16O7S. The molecule has 2 fully saturated rings. The molecule has 12 heterocycles. The van der Waals surface area contributed by atoms with Crippen molar-refractivity contribution in [1.82, 2.24) is 78.3 Å². The molecule has 458 valence electrons. The number of aromatic nitrogens is 16. The lowest BCUT2D eigenvalue weighted by Gasteiger charge is -2.32. The molecule has 88 heavy (non-hydrogen) atoms. The zero-order valence-electron chi connectivity index (χ0n) is 50.1. The number of pyridine rings is 4. The normalized spacial score (nSPS) is 15.4. The van der Waals surface area contributed by atoms with E-state index in [1.807, 2.05) is 121 Å². The van der Waals surface area contributed by atoms with E-state index < -0.39 is 10.1 Å². The molecule has 2 aliphatic heterocycles. The maximum absolute atomic E-state index is 11.8. The minimum atomic E-state index is -3.66. The van der Waals surface area contributed by atoms with Crippen LogP contribution in [0.2, 0.25) is 10.3 Å². The highest BCUT2D eigenvalue weighted by Gasteiger charge is 2.53. The molecule has 0 amide bonds. The van der Waals surface area contributed by atoms with E-state index in [0.29, 0.717) is 16.9 Å². The standard InChI is InChI=1S/C16H13ClN6.C14H21BN4O2.C12H14N2O3S.C9H15BN2O2.C8H4BrClN2/c17-16-2-1-14-15(21-16)7-12(8-19-14)13-9-20-23(10-13)6-5-22-4-3-18-11-22;1-13(2)14(3,4)21-15(20-13)12-9-17-19(10-12)8-7-18-6-5-16-11-18;1-11-2-4-12(5-3-11)18(15,16)17-9-8-14-7-6-13-10-14;1-8(2)9(3,4)14-10(13-8)7-5-11-12-6-7;9-5-3-7-6(11-4-5)1-2-8(10)12-7/h1-4,7-11H,5-6H2;5-6,9-11H,7-8H2,1-4H3;2-7,10H,8-9H2,1H3;5-6H,1-4H3,(H,11,12);1-4H. The number of fused-ring (bicyclic) bond motifs is 2. The summed E-state index contributed by atoms with van der Waals surface area (Å²) in [6, 6.07) is 17.6. The summed E-state index contributed by atoms with van der Waals surface area (Å²) in [5, 5.41) is 16.4. The molecule has 0 saturated carbocycles. The minimum absolute atomic E-state index is 0.0899. The lowest BCUT2D eigenvalue weighted by atomic mass is 9.82. The fourth-order valence-electron chi connectivity index (χ4n) is 8.42. The number of aryl methyl sites for hydroxylation is 5. The molecule has 2 aliphatic rings. The van der Waals surface area contributed by atoms with Gasteiger partial charge in [-0.1, -0.05) is 40.9 Å². The lowest BCUT2D eigenvalue weighted by molar-refractivity contribution is 0.00578. The fraction of sp³-hybridized carbons (Fsp3) is 0.322. The second kappa shape index (κ2) is 28.4. The van der Waals surface area contributed by atoms with E-state index in [-0.39, 0.29) is 48.1 Å². The lowest BCUT2D eigenvalue weighted by Crippen LogP contribution is -2.41. The van der Waals surface area contributed by atoms with Crippen LogP contribution in [0.4, 0.5) is 0 Å². The number of rotatable bonds is 14. The van der Waals surface area contributed by atoms with E-state index in [2.05, 4.69) is 98.9 Å². The zero-order valence-corrected chi connectivity index (χ0v) is 54.0. The van der Waals surface area contributed by atoms with E-state index in [4.69, 9.17) is 46.0 Å². The van der Waals surface area contributed by atoms with Crippen LogP contribution < -0.4 is 10.9 Å². The van der Waals surface area contributed by atoms with Gasteiger partial charge in [-0.15, -0.1) is 0 Å². The first-order valence-electron chi connectivity index (χ1n) is 28.0. The smallest absolute Gasteiger partial charge is 0.399 e. The number of nitrogens with zero attached hydrogens (tertiary/aromatic N) is 15. The van der Waals surface area contributed by atoms with Gasteiger partial charge in [-0.05, 0) is 127 Å². The maximum Gasteiger partial charge on any atom is 0.498 e. The summed E-state index contributed by atoms with van der Waals surface area (Å²) in [7, 11) is -4.32. The second-order valence-electron chi connectivity index (χ2n) is 22.4. The number of halogens is 3. The SMILES string of the molecule is CC1(C)OB(c2cn[nH]c2)OC1(C)C.CC1(C)OB(c2cnn(CCn3ccnc3)c2)OC1(C)C.Cc1ccc(S(=O)(=O)OCCn2ccnc2)cc1.Clc1ccc2ncc(-c3cnn(CCn4ccnc4)c3)cc2n1.Clc1ccc2ncc(Br)cc2n1. The van der Waals surface area contributed by atoms with Crippen LogP contribution >= 0.6 is 39.1 Å². The summed E-state index contributed by atoms with van der Waals surface area (Å²) in [6.45, 7) is 22.0. The number of nitrogens with one attached hydrogen (secondary N) is 1. The third-order valence-electron chi connectivity index (χ3n) is 14.9. The Kier molecular flexibility index (Phi) is 20.9. The molecule has 0 bridgehead atoms. The molecule has 0 aliphatic carbocycles. The predicted molar refractivity (Wildman–Crippen MR) is 341 cm³/mol. The van der Waals surface area contributed by atoms with E-state index in [0.717, 1.165) is 80.3 Å². The quantitative estimate of drug-likeness (QED) is 0.0604. The van der Waals surface area contributed by atoms with Crippen LogP contribution in [0.25, 0.3) is 33.2 Å². The highest BCUT2D eigenvalue weighted by molar-refractivity contribution is 9.10. The van der Waals surface area contributed by atoms with Crippen LogP contribution in [-0.4, -0.2) is 130 Å². The van der Waals surface area contributed by atoms with Gasteiger partial charge in [0, 0.05) is 127 Å². The molecule has 0 spiro atoms. The van der Waals surface area contributed by atoms with Gasteiger partial charge in [-0.3, -0.25) is 28.6 Å². The van der Waals surface area contributed by atoms with Crippen molar-refractivity contribution in [2.45, 2.75) is 122 Å². The molecule has 0 radical (unpaired) electrons. The van der Waals surface area contributed by atoms with Crippen molar-refractivity contribution in [3.63, 3.8) is 0 Å². The first-order valence-corrected chi connectivity index (χ1v) is 31.0. The Labute approximate surface area is 529 Å². The number of hydrogen-bond donors (Lipinski definition) is 1. The van der Waals surface area contributed by atoms with E-state index in [9.17, 15) is 8.42 Å². The molecule has 0 unspecified atom stereocenters. The van der Waals surface area contributed by atoms with Crippen molar-refractivity contribution in [2.75, 3.05) is 6.61 Å². The van der Waals surface area contributed by atoms with Crippen molar-refractivity contribution < 1.29 is 31.2 Å². The Hall–Kier alpha value is -7.46. The van der Waals surface area contributed by atoms with E-state index >= 15 is 0 Å². The maximum atomic E-state index is 11.8. The van der Waals surface area contributed by atoms with Gasteiger partial charge in [-0.25, -0.2) is 24.9 Å². The Morgan fingerprint density at radius 1 is 0.568 bits per heavy atom. The fourth-order valence-corrected chi connectivity index (χ4v) is 9.95. The monoisotopic (exact) mass is 1310 g/mol. The Morgan fingerprint density at radius 2 is 1.07 bits per heavy atom. The number of hydrogen-bond acceptors (Lipinski definition) is 17. The molecule has 10 aromatic heterocycles. The molecule has 11 aromatic rings. The Bertz CT molecular complexity index is 4030. The van der Waals surface area contributed by atoms with Crippen molar-refractivity contribution in [2.24, 2.45) is 0 Å². The highest BCUT2D eigenvalue weighted by atomic mass is 79.9. The van der Waals surface area contributed by atoms with Gasteiger partial charge in [0.25, 0.3) is 10.1 Å². The highest BCUT2D eigenvalue weighted by Crippen LogP contribution is 2.37. The summed E-state index contributed by atoms with van der Waals surface area (Å²) < 4.78 is 62.8. The summed E-state index contributed by atoms with van der Waals surface area (Å²) in [6.07, 6.45) is 30.8. The summed E-state index contributed by atoms with van der Waals surface area (Å²) in [5.41, 5.74) is 6.92. The number of imidazole rings is 3. The average Bonchev–Trinajstić information content (AvgIpc) is 1.81. The third-order valence-corrected chi connectivity index (χ3v) is 17.1. The van der Waals surface area contributed by atoms with Gasteiger partial charge in [0.2, 0.25) is 0 Å². The van der Waals surface area contributed by atoms with Crippen LogP contribution in [0.3, 0.4) is 0 Å². The third kappa shape index (κ3) is 17.2. The molecule has 1 N–H and O–H groups in total. The van der Waals surface area contributed by atoms with Crippen LogP contribution in [0.1, 0.15) is 61.0 Å². The van der Waals surface area contributed by atoms with Crippen molar-refractivity contribution in [1.29, 1.82) is 0 Å². The molecule has 2 saturated heterocycles. The second-order valence-corrected chi connectivity index (χ2v) is 25.8. The number of benzene rings is 1. The summed E-state index contributed by atoms with van der Waals surface area (Å²) in [5.74, 6) is 0. The van der Waals surface area contributed by atoms with Gasteiger partial charge in [-0.2, -0.15) is 23.7 Å². The van der Waals surface area contributed by atoms with Crippen LogP contribution in [0, 0.1) is 6.92 Å². The molecule has 1 aromatic carbocycles. The Morgan fingerprint density at radius 3 is 1.59 bits per heavy atom. The molecule has 0 atom stereocenters. The van der Waals surface area contributed by atoms with Crippen LogP contribution in [0.5, 0.6) is 0 Å². The first kappa shape index (κ1) is 65.0. The summed E-state index contributed by atoms with van der Waals surface area (Å²) in [4.78, 5) is 29.1. The van der Waals surface area contributed by atoms with Crippen molar-refractivity contribution in [3.8, 4) is 11.1 Å². The van der Waals surface area contributed by atoms with Gasteiger partial charge < -0.3 is 32.3 Å². The van der Waals surface area contributed by atoms with E-state index in [1.54, 1.807) is 103 Å². The van der Waals surface area contributed by atoms with Gasteiger partial charge >= 0.3 is 14.2 Å². The van der Waals surface area contributed by atoms with Crippen LogP contribution in [-0.2, 0) is 65.6 Å². The largest absolute Gasteiger partial charge is 0.498 e. The van der Waals surface area contributed by atoms with Gasteiger partial charge in [0.05, 0.1) is 94.2 Å². The van der Waals surface area contributed by atoms with Crippen molar-refractivity contribution in [3.05, 3.63) is 187 Å². The van der Waals surface area contributed by atoms with Gasteiger partial charge in [0.15, 0.2) is 0 Å². The number of aromatic amines is 1. The van der Waals surface area contributed by atoms with E-state index in [1.165, 1.54) is 0 Å². The molecule has 29 heteroatoms. The van der Waals surface area contributed by atoms with Gasteiger partial charge in [0.1, 0.15) is 10.3 Å². The Balaban J connectivity index is 0.000000133. The molecular weight excluding hydrogens is 1250 g/mol. The average molecular weight is 1320 g/mol. The van der Waals surface area contributed by atoms with Crippen molar-refractivity contribution >= 4 is 96.5 Å². The summed E-state index contributed by atoms with van der Waals surface area (Å²) >= 11 is 15.0. The minimum Gasteiger partial charge on any atom is -0.399 e. The number of H-pyrrole nitrogens is 1. The topological polar surface area (TPSA) is 250 Å². The zero-order chi connectivity index (χ0) is 62.7. The molecule has 13 rings (SSSR count). The molecule has 23 nitrogen and oxygen atoms in total. The first-order chi connectivity index (χ1) is 41.9.